The van der Waals surface area contributed by atoms with Crippen LogP contribution in [0.1, 0.15) is 54.0 Å². The number of hydrogen-bond acceptors (Lipinski definition) is 5. The van der Waals surface area contributed by atoms with Crippen molar-refractivity contribution in [3.8, 4) is 11.5 Å². The van der Waals surface area contributed by atoms with Crippen LogP contribution in [-0.4, -0.2) is 32.1 Å². The molecule has 0 aliphatic heterocycles. The fourth-order valence-electron chi connectivity index (χ4n) is 2.69. The Kier molecular flexibility index (Phi) is 6.73. The smallest absolute Gasteiger partial charge is 0.339 e. The molecule has 0 aromatic heterocycles. The molecule has 0 fully saturated rings. The molecule has 0 spiro atoms. The Morgan fingerprint density at radius 2 is 1.57 bits per heavy atom. The average Bonchev–Trinajstić information content (AvgIpc) is 2.65. The molecule has 150 valence electrons. The Labute approximate surface area is 170 Å². The van der Waals surface area contributed by atoms with Crippen molar-refractivity contribution in [1.29, 1.82) is 0 Å². The van der Waals surface area contributed by atoms with Crippen molar-refractivity contribution in [2.24, 2.45) is 0 Å². The number of carbonyl (C=O) groups is 2. The SMILES string of the molecule is COc1cc(C(=O)O[C@@H](C)C(=O)c2ccc(C(C)(C)C)cc2)cc(Cl)c1OC. The van der Waals surface area contributed by atoms with Crippen LogP contribution >= 0.6 is 11.6 Å². The number of ketones is 1. The highest BCUT2D eigenvalue weighted by Crippen LogP contribution is 2.36. The third-order valence-electron chi connectivity index (χ3n) is 4.36. The van der Waals surface area contributed by atoms with Crippen LogP contribution in [0.25, 0.3) is 0 Å². The van der Waals surface area contributed by atoms with Crippen LogP contribution in [-0.2, 0) is 10.2 Å². The maximum Gasteiger partial charge on any atom is 0.339 e. The molecule has 0 unspecified atom stereocenters. The molecule has 0 amide bonds. The maximum atomic E-state index is 12.6. The van der Waals surface area contributed by atoms with Gasteiger partial charge in [-0.3, -0.25) is 4.79 Å². The Morgan fingerprint density at radius 3 is 2.07 bits per heavy atom. The van der Waals surface area contributed by atoms with E-state index in [0.29, 0.717) is 17.1 Å². The zero-order valence-corrected chi connectivity index (χ0v) is 17.7. The van der Waals surface area contributed by atoms with Crippen molar-refractivity contribution in [3.63, 3.8) is 0 Å². The summed E-state index contributed by atoms with van der Waals surface area (Å²) in [5, 5.41) is 0.213. The Hall–Kier alpha value is -2.53. The number of esters is 1. The van der Waals surface area contributed by atoms with Gasteiger partial charge in [-0.15, -0.1) is 0 Å². The van der Waals surface area contributed by atoms with Crippen molar-refractivity contribution < 1.29 is 23.8 Å². The molecule has 0 radical (unpaired) electrons. The molecule has 0 aliphatic rings. The van der Waals surface area contributed by atoms with E-state index in [2.05, 4.69) is 20.8 Å². The summed E-state index contributed by atoms with van der Waals surface area (Å²) in [4.78, 5) is 25.1. The van der Waals surface area contributed by atoms with Crippen LogP contribution in [0.3, 0.4) is 0 Å². The van der Waals surface area contributed by atoms with Crippen LogP contribution in [0, 0.1) is 0 Å². The standard InChI is InChI=1S/C22H25ClO5/c1-13(19(24)14-7-9-16(10-8-14)22(2,3)4)28-21(25)15-11-17(23)20(27-6)18(12-15)26-5/h7-13H,1-6H3/t13-/m0/s1. The number of carbonyl (C=O) groups excluding carboxylic acids is 2. The lowest BCUT2D eigenvalue weighted by molar-refractivity contribution is 0.0318. The first-order valence-corrected chi connectivity index (χ1v) is 9.23. The van der Waals surface area contributed by atoms with E-state index >= 15 is 0 Å². The van der Waals surface area contributed by atoms with E-state index < -0.39 is 12.1 Å². The highest BCUT2D eigenvalue weighted by atomic mass is 35.5. The van der Waals surface area contributed by atoms with E-state index in [-0.39, 0.29) is 21.8 Å². The molecular weight excluding hydrogens is 380 g/mol. The highest BCUT2D eigenvalue weighted by Gasteiger charge is 2.23. The number of ether oxygens (including phenoxy) is 3. The minimum absolute atomic E-state index is 0.00759. The molecule has 0 heterocycles. The number of Topliss-reactive ketones (excluding diaryl/α,β-unsaturated/α-hetero) is 1. The van der Waals surface area contributed by atoms with Gasteiger partial charge in [0, 0.05) is 5.56 Å². The Bertz CT molecular complexity index is 866. The molecule has 28 heavy (non-hydrogen) atoms. The zero-order chi connectivity index (χ0) is 21.1. The van der Waals surface area contributed by atoms with Crippen molar-refractivity contribution in [2.75, 3.05) is 14.2 Å². The number of methoxy groups -OCH3 is 2. The summed E-state index contributed by atoms with van der Waals surface area (Å²) in [6.45, 7) is 7.84. The summed E-state index contributed by atoms with van der Waals surface area (Å²) < 4.78 is 15.7. The van der Waals surface area contributed by atoms with Gasteiger partial charge < -0.3 is 14.2 Å². The highest BCUT2D eigenvalue weighted by molar-refractivity contribution is 6.32. The second-order valence-electron chi connectivity index (χ2n) is 7.43. The van der Waals surface area contributed by atoms with Gasteiger partial charge in [-0.25, -0.2) is 4.79 Å². The summed E-state index contributed by atoms with van der Waals surface area (Å²) in [7, 11) is 2.89. The van der Waals surface area contributed by atoms with E-state index in [4.69, 9.17) is 25.8 Å². The molecule has 0 bridgehead atoms. The lowest BCUT2D eigenvalue weighted by atomic mass is 9.86. The van der Waals surface area contributed by atoms with Gasteiger partial charge >= 0.3 is 5.97 Å². The van der Waals surface area contributed by atoms with E-state index in [0.717, 1.165) is 5.56 Å². The number of rotatable bonds is 6. The fraction of sp³-hybridized carbons (Fsp3) is 0.364. The van der Waals surface area contributed by atoms with Gasteiger partial charge in [-0.1, -0.05) is 56.6 Å². The molecule has 2 aromatic rings. The van der Waals surface area contributed by atoms with Crippen molar-refractivity contribution >= 4 is 23.4 Å². The number of halogens is 1. The third kappa shape index (κ3) is 4.84. The van der Waals surface area contributed by atoms with Crippen molar-refractivity contribution in [1.82, 2.24) is 0 Å². The minimum atomic E-state index is -0.945. The topological polar surface area (TPSA) is 61.8 Å². The summed E-state index contributed by atoms with van der Waals surface area (Å²) in [6, 6.07) is 10.2. The molecule has 2 aromatic carbocycles. The van der Waals surface area contributed by atoms with E-state index in [1.807, 2.05) is 12.1 Å². The van der Waals surface area contributed by atoms with Gasteiger partial charge in [-0.05, 0) is 30.0 Å². The van der Waals surface area contributed by atoms with Crippen LogP contribution in [0.4, 0.5) is 0 Å². The van der Waals surface area contributed by atoms with Crippen LogP contribution in [0.2, 0.25) is 5.02 Å². The molecule has 6 heteroatoms. The quantitative estimate of drug-likeness (QED) is 0.496. The molecule has 0 saturated carbocycles. The molecule has 0 N–H and O–H groups in total. The van der Waals surface area contributed by atoms with Gasteiger partial charge in [0.25, 0.3) is 0 Å². The zero-order valence-electron chi connectivity index (χ0n) is 17.0. The van der Waals surface area contributed by atoms with Crippen LogP contribution in [0.5, 0.6) is 11.5 Å². The molecule has 2 rings (SSSR count). The summed E-state index contributed by atoms with van der Waals surface area (Å²) in [6.07, 6.45) is -0.945. The summed E-state index contributed by atoms with van der Waals surface area (Å²) >= 11 is 6.12. The second kappa shape index (κ2) is 8.65. The van der Waals surface area contributed by atoms with Crippen molar-refractivity contribution in [2.45, 2.75) is 39.2 Å². The average molecular weight is 405 g/mol. The number of hydrogen-bond donors (Lipinski definition) is 0. The van der Waals surface area contributed by atoms with Crippen LogP contribution < -0.4 is 9.47 Å². The normalized spacial score (nSPS) is 12.2. The second-order valence-corrected chi connectivity index (χ2v) is 7.84. The predicted molar refractivity (Wildman–Crippen MR) is 109 cm³/mol. The number of benzene rings is 2. The first kappa shape index (κ1) is 21.8. The van der Waals surface area contributed by atoms with Gasteiger partial charge in [-0.2, -0.15) is 0 Å². The van der Waals surface area contributed by atoms with Gasteiger partial charge in [0.05, 0.1) is 24.8 Å². The first-order chi connectivity index (χ1) is 13.1. The fourth-order valence-corrected chi connectivity index (χ4v) is 2.97. The van der Waals surface area contributed by atoms with E-state index in [1.165, 1.54) is 26.4 Å². The Morgan fingerprint density at radius 1 is 0.964 bits per heavy atom. The lowest BCUT2D eigenvalue weighted by Crippen LogP contribution is -2.24. The first-order valence-electron chi connectivity index (χ1n) is 8.85. The molecule has 5 nitrogen and oxygen atoms in total. The van der Waals surface area contributed by atoms with Gasteiger partial charge in [0.15, 0.2) is 17.6 Å². The van der Waals surface area contributed by atoms with Crippen molar-refractivity contribution in [3.05, 3.63) is 58.1 Å². The van der Waals surface area contributed by atoms with E-state index in [9.17, 15) is 9.59 Å². The molecular formula is C22H25ClO5. The molecule has 1 atom stereocenters. The van der Waals surface area contributed by atoms with Gasteiger partial charge in [0.1, 0.15) is 0 Å². The van der Waals surface area contributed by atoms with Gasteiger partial charge in [0.2, 0.25) is 5.78 Å². The largest absolute Gasteiger partial charge is 0.493 e. The molecule has 0 saturated heterocycles. The Balaban J connectivity index is 2.16. The third-order valence-corrected chi connectivity index (χ3v) is 4.64. The maximum absolute atomic E-state index is 12.6. The monoisotopic (exact) mass is 404 g/mol. The van der Waals surface area contributed by atoms with E-state index in [1.54, 1.807) is 19.1 Å². The van der Waals surface area contributed by atoms with Crippen LogP contribution in [0.15, 0.2) is 36.4 Å². The predicted octanol–water partition coefficient (Wildman–Crippen LogP) is 5.08. The summed E-state index contributed by atoms with van der Waals surface area (Å²) in [5.41, 5.74) is 1.77. The summed E-state index contributed by atoms with van der Waals surface area (Å²) in [5.74, 6) is -0.321. The minimum Gasteiger partial charge on any atom is -0.493 e. The lowest BCUT2D eigenvalue weighted by Gasteiger charge is -2.19. The molecule has 0 aliphatic carbocycles.